The molecule has 0 heterocycles. The normalized spacial score (nSPS) is 15.6. The van der Waals surface area contributed by atoms with Crippen LogP contribution in [-0.2, 0) is 18.3 Å². The van der Waals surface area contributed by atoms with Crippen LogP contribution in [0, 0.1) is 0 Å². The van der Waals surface area contributed by atoms with Gasteiger partial charge in [0.15, 0.2) is 0 Å². The number of halogens is 1. The number of hydrogen-bond donors (Lipinski definition) is 0. The van der Waals surface area contributed by atoms with Crippen LogP contribution in [0.1, 0.15) is 12.5 Å². The fourth-order valence-electron chi connectivity index (χ4n) is 2.07. The van der Waals surface area contributed by atoms with Gasteiger partial charge in [-0.25, -0.2) is 0 Å². The molecule has 1 rings (SSSR count). The summed E-state index contributed by atoms with van der Waals surface area (Å²) in [7, 11) is 1.97. The van der Waals surface area contributed by atoms with Crippen LogP contribution in [0.5, 0.6) is 0 Å². The Hall–Kier alpha value is -0.393. The average molecular weight is 275 g/mol. The smallest absolute Gasteiger partial charge is 0.376 e. The first-order chi connectivity index (χ1) is 8.10. The van der Waals surface area contributed by atoms with Gasteiger partial charge in [0.05, 0.1) is 5.04 Å². The van der Waals surface area contributed by atoms with Crippen molar-refractivity contribution in [3.63, 3.8) is 0 Å². The molecule has 0 aliphatic heterocycles. The third kappa shape index (κ3) is 2.41. The molecule has 0 saturated carbocycles. The summed E-state index contributed by atoms with van der Waals surface area (Å²) in [5.74, 6) is 0.374. The van der Waals surface area contributed by atoms with E-state index in [0.717, 1.165) is 5.56 Å². The Morgan fingerprint density at radius 2 is 1.53 bits per heavy atom. The molecular weight excluding hydrogens is 256 g/mol. The van der Waals surface area contributed by atoms with Gasteiger partial charge in [0.1, 0.15) is 0 Å². The lowest BCUT2D eigenvalue weighted by molar-refractivity contribution is 0.0977. The molecule has 0 fully saturated rings. The molecule has 0 spiro atoms. The molecule has 1 unspecified atom stereocenters. The highest BCUT2D eigenvalue weighted by Crippen LogP contribution is 2.36. The van der Waals surface area contributed by atoms with E-state index in [0.29, 0.717) is 5.88 Å². The maximum absolute atomic E-state index is 6.16. The molecule has 0 radical (unpaired) electrons. The van der Waals surface area contributed by atoms with E-state index in [4.69, 9.17) is 24.9 Å². The second kappa shape index (κ2) is 5.98. The molecule has 3 nitrogen and oxygen atoms in total. The highest BCUT2D eigenvalue weighted by atomic mass is 35.5. The molecule has 0 bridgehead atoms. The largest absolute Gasteiger partial charge is 0.512 e. The van der Waals surface area contributed by atoms with Gasteiger partial charge in [-0.3, -0.25) is 0 Å². The molecule has 0 saturated heterocycles. The van der Waals surface area contributed by atoms with Gasteiger partial charge in [0.2, 0.25) is 0 Å². The molecule has 0 amide bonds. The highest BCUT2D eigenvalue weighted by Gasteiger charge is 2.57. The van der Waals surface area contributed by atoms with E-state index in [1.165, 1.54) is 0 Å². The minimum Gasteiger partial charge on any atom is -0.376 e. The quantitative estimate of drug-likeness (QED) is 0.590. The van der Waals surface area contributed by atoms with Gasteiger partial charge in [-0.05, 0) is 12.5 Å². The van der Waals surface area contributed by atoms with E-state index in [2.05, 4.69) is 0 Å². The van der Waals surface area contributed by atoms with Crippen LogP contribution in [-0.4, -0.2) is 36.0 Å². The fraction of sp³-hybridized carbons (Fsp3) is 0.500. The van der Waals surface area contributed by atoms with E-state index < -0.39 is 13.8 Å². The van der Waals surface area contributed by atoms with Gasteiger partial charge >= 0.3 is 8.80 Å². The second-order valence-electron chi connectivity index (χ2n) is 4.00. The van der Waals surface area contributed by atoms with E-state index in [1.54, 1.807) is 21.3 Å². The Morgan fingerprint density at radius 1 is 1.06 bits per heavy atom. The summed E-state index contributed by atoms with van der Waals surface area (Å²) in [6.07, 6.45) is 0. The zero-order chi connectivity index (χ0) is 12.9. The molecule has 1 atom stereocenters. The van der Waals surface area contributed by atoms with Gasteiger partial charge in [0, 0.05) is 27.2 Å². The Bertz CT molecular complexity index is 335. The minimum absolute atomic E-state index is 0.374. The van der Waals surface area contributed by atoms with E-state index >= 15 is 0 Å². The Kier molecular flexibility index (Phi) is 5.16. The standard InChI is InChI=1S/C12H19ClO3Si/c1-12(10-13,11-8-6-5-7-9-11)17(14-2,15-3)16-4/h5-9H,10H2,1-4H3. The molecular formula is C12H19ClO3Si. The van der Waals surface area contributed by atoms with Crippen LogP contribution >= 0.6 is 11.6 Å². The van der Waals surface area contributed by atoms with Crippen LogP contribution in [0.3, 0.4) is 0 Å². The first-order valence-electron chi connectivity index (χ1n) is 5.37. The van der Waals surface area contributed by atoms with Crippen molar-refractivity contribution >= 4 is 20.4 Å². The Balaban J connectivity index is 3.28. The summed E-state index contributed by atoms with van der Waals surface area (Å²) < 4.78 is 16.7. The van der Waals surface area contributed by atoms with Crippen LogP contribution < -0.4 is 0 Å². The van der Waals surface area contributed by atoms with Crippen molar-refractivity contribution in [1.82, 2.24) is 0 Å². The minimum atomic E-state index is -2.84. The van der Waals surface area contributed by atoms with Crippen molar-refractivity contribution in [2.45, 2.75) is 12.0 Å². The van der Waals surface area contributed by atoms with Crippen molar-refractivity contribution in [2.75, 3.05) is 27.2 Å². The van der Waals surface area contributed by atoms with E-state index in [-0.39, 0.29) is 0 Å². The third-order valence-corrected chi connectivity index (χ3v) is 7.35. The zero-order valence-electron chi connectivity index (χ0n) is 10.7. The zero-order valence-corrected chi connectivity index (χ0v) is 12.5. The Morgan fingerprint density at radius 3 is 1.88 bits per heavy atom. The summed E-state index contributed by atoms with van der Waals surface area (Å²) in [5, 5.41) is -0.464. The molecule has 17 heavy (non-hydrogen) atoms. The predicted octanol–water partition coefficient (Wildman–Crippen LogP) is 2.60. The lowest BCUT2D eigenvalue weighted by Crippen LogP contribution is -2.61. The number of hydrogen-bond acceptors (Lipinski definition) is 3. The van der Waals surface area contributed by atoms with Crippen LogP contribution in [0.15, 0.2) is 30.3 Å². The maximum atomic E-state index is 6.16. The third-order valence-electron chi connectivity index (χ3n) is 3.16. The summed E-state index contributed by atoms with van der Waals surface area (Å²) in [5.41, 5.74) is 1.06. The number of rotatable bonds is 6. The van der Waals surface area contributed by atoms with E-state index in [1.807, 2.05) is 37.3 Å². The van der Waals surface area contributed by atoms with Crippen molar-refractivity contribution in [1.29, 1.82) is 0 Å². The molecule has 1 aromatic carbocycles. The molecule has 96 valence electrons. The van der Waals surface area contributed by atoms with Gasteiger partial charge in [-0.2, -0.15) is 0 Å². The first kappa shape index (κ1) is 14.7. The maximum Gasteiger partial charge on any atom is 0.512 e. The molecule has 0 N–H and O–H groups in total. The van der Waals surface area contributed by atoms with Crippen molar-refractivity contribution < 1.29 is 13.3 Å². The predicted molar refractivity (Wildman–Crippen MR) is 71.3 cm³/mol. The SMILES string of the molecule is CO[Si](OC)(OC)C(C)(CCl)c1ccccc1. The monoisotopic (exact) mass is 274 g/mol. The van der Waals surface area contributed by atoms with Gasteiger partial charge in [-0.15, -0.1) is 11.6 Å². The first-order valence-corrected chi connectivity index (χ1v) is 7.63. The molecule has 1 aromatic rings. The molecule has 0 aliphatic carbocycles. The second-order valence-corrected chi connectivity index (χ2v) is 7.71. The van der Waals surface area contributed by atoms with Crippen molar-refractivity contribution in [3.05, 3.63) is 35.9 Å². The number of benzene rings is 1. The number of alkyl halides is 1. The molecule has 5 heteroatoms. The lowest BCUT2D eigenvalue weighted by atomic mass is 10.0. The van der Waals surface area contributed by atoms with Gasteiger partial charge < -0.3 is 13.3 Å². The molecule has 0 aliphatic rings. The topological polar surface area (TPSA) is 27.7 Å². The highest BCUT2D eigenvalue weighted by molar-refractivity contribution is 6.65. The average Bonchev–Trinajstić information content (AvgIpc) is 2.42. The van der Waals surface area contributed by atoms with Gasteiger partial charge in [0.25, 0.3) is 0 Å². The summed E-state index contributed by atoms with van der Waals surface area (Å²) in [6, 6.07) is 9.94. The fourth-order valence-corrected chi connectivity index (χ4v) is 5.25. The van der Waals surface area contributed by atoms with Crippen molar-refractivity contribution in [2.24, 2.45) is 0 Å². The lowest BCUT2D eigenvalue weighted by Gasteiger charge is -2.40. The summed E-state index contributed by atoms with van der Waals surface area (Å²) >= 11 is 6.16. The van der Waals surface area contributed by atoms with Gasteiger partial charge in [-0.1, -0.05) is 30.3 Å². The summed E-state index contributed by atoms with van der Waals surface area (Å²) in [6.45, 7) is 2.01. The van der Waals surface area contributed by atoms with E-state index in [9.17, 15) is 0 Å². The van der Waals surface area contributed by atoms with Crippen molar-refractivity contribution in [3.8, 4) is 0 Å². The summed E-state index contributed by atoms with van der Waals surface area (Å²) in [4.78, 5) is 0. The van der Waals surface area contributed by atoms with Crippen LogP contribution in [0.2, 0.25) is 0 Å². The van der Waals surface area contributed by atoms with Crippen LogP contribution in [0.25, 0.3) is 0 Å². The Labute approximate surface area is 109 Å². The van der Waals surface area contributed by atoms with Crippen LogP contribution in [0.4, 0.5) is 0 Å². The molecule has 0 aromatic heterocycles.